The summed E-state index contributed by atoms with van der Waals surface area (Å²) in [6.07, 6.45) is 0.988. The highest BCUT2D eigenvalue weighted by Crippen LogP contribution is 2.37. The number of carbonyl (C=O) groups is 1. The van der Waals surface area contributed by atoms with Gasteiger partial charge >= 0.3 is 0 Å². The molecule has 0 aromatic heterocycles. The molecule has 2 atom stereocenters. The number of rotatable bonds is 4. The molecular formula is C20H24FN2OS+. The minimum Gasteiger partial charge on any atom is -0.326 e. The summed E-state index contributed by atoms with van der Waals surface area (Å²) in [5.41, 5.74) is 2.06. The molecule has 5 heteroatoms. The third-order valence-corrected chi connectivity index (χ3v) is 5.65. The molecule has 3 nitrogen and oxygen atoms in total. The Labute approximate surface area is 152 Å². The van der Waals surface area contributed by atoms with Gasteiger partial charge in [0.05, 0.1) is 12.7 Å². The van der Waals surface area contributed by atoms with E-state index < -0.39 is 0 Å². The number of nitrogens with one attached hydrogen (secondary N) is 1. The second-order valence-corrected chi connectivity index (χ2v) is 8.15. The molecule has 0 bridgehead atoms. The fraction of sp³-hybridized carbons (Fsp3) is 0.350. The van der Waals surface area contributed by atoms with Gasteiger partial charge in [0.25, 0.3) is 5.91 Å². The molecule has 132 valence electrons. The SMILES string of the molecule is C[C@@H]1CCN(C(=O)C[NH+](C)Cc2ccc(F)cc2)c2ccccc2S1. The third-order valence-electron chi connectivity index (χ3n) is 4.42. The molecule has 0 saturated heterocycles. The van der Waals surface area contributed by atoms with Gasteiger partial charge in [-0.3, -0.25) is 4.79 Å². The van der Waals surface area contributed by atoms with Gasteiger partial charge in [-0.05, 0) is 30.7 Å². The van der Waals surface area contributed by atoms with Gasteiger partial charge in [0.2, 0.25) is 0 Å². The van der Waals surface area contributed by atoms with Gasteiger partial charge in [0.15, 0.2) is 6.54 Å². The minimum absolute atomic E-state index is 0.141. The Morgan fingerprint density at radius 2 is 1.96 bits per heavy atom. The van der Waals surface area contributed by atoms with E-state index in [1.54, 1.807) is 12.1 Å². The van der Waals surface area contributed by atoms with Crippen LogP contribution in [0.5, 0.6) is 0 Å². The lowest BCUT2D eigenvalue weighted by Crippen LogP contribution is -3.09. The van der Waals surface area contributed by atoms with Crippen LogP contribution < -0.4 is 9.80 Å². The molecule has 0 radical (unpaired) electrons. The highest BCUT2D eigenvalue weighted by molar-refractivity contribution is 8.00. The highest BCUT2D eigenvalue weighted by atomic mass is 32.2. The van der Waals surface area contributed by atoms with Crippen molar-refractivity contribution in [2.24, 2.45) is 0 Å². The van der Waals surface area contributed by atoms with E-state index in [4.69, 9.17) is 0 Å². The summed E-state index contributed by atoms with van der Waals surface area (Å²) in [6.45, 7) is 4.09. The number of hydrogen-bond acceptors (Lipinski definition) is 2. The Kier molecular flexibility index (Phi) is 5.76. The normalized spacial score (nSPS) is 18.4. The number of quaternary nitrogens is 1. The molecule has 3 rings (SSSR count). The van der Waals surface area contributed by atoms with Crippen molar-refractivity contribution in [3.05, 3.63) is 59.9 Å². The summed E-state index contributed by atoms with van der Waals surface area (Å²) in [5.74, 6) is -0.0907. The number of nitrogens with zero attached hydrogens (tertiary/aromatic N) is 1. The molecule has 1 aliphatic heterocycles. The number of carbonyl (C=O) groups excluding carboxylic acids is 1. The largest absolute Gasteiger partial charge is 0.326 e. The smallest absolute Gasteiger partial charge is 0.282 e. The molecule has 0 saturated carbocycles. The van der Waals surface area contributed by atoms with Gasteiger partial charge in [-0.1, -0.05) is 31.2 Å². The number of hydrogen-bond donors (Lipinski definition) is 1. The Bertz CT molecular complexity index is 735. The molecule has 25 heavy (non-hydrogen) atoms. The lowest BCUT2D eigenvalue weighted by Gasteiger charge is -2.24. The van der Waals surface area contributed by atoms with E-state index in [9.17, 15) is 9.18 Å². The number of para-hydroxylation sites is 1. The molecule has 0 spiro atoms. The Morgan fingerprint density at radius 3 is 2.72 bits per heavy atom. The second kappa shape index (κ2) is 8.02. The van der Waals surface area contributed by atoms with Crippen LogP contribution in [-0.2, 0) is 11.3 Å². The second-order valence-electron chi connectivity index (χ2n) is 6.67. The van der Waals surface area contributed by atoms with Crippen LogP contribution >= 0.6 is 11.8 Å². The molecule has 1 unspecified atom stereocenters. The van der Waals surface area contributed by atoms with E-state index in [1.807, 2.05) is 41.9 Å². The number of amides is 1. The zero-order chi connectivity index (χ0) is 17.8. The van der Waals surface area contributed by atoms with Crippen molar-refractivity contribution >= 4 is 23.4 Å². The van der Waals surface area contributed by atoms with Crippen molar-refractivity contribution in [2.45, 2.75) is 30.0 Å². The number of fused-ring (bicyclic) bond motifs is 1. The highest BCUT2D eigenvalue weighted by Gasteiger charge is 2.25. The number of benzene rings is 2. The maximum atomic E-state index is 13.0. The van der Waals surface area contributed by atoms with Gasteiger partial charge in [0.1, 0.15) is 12.4 Å². The maximum absolute atomic E-state index is 13.0. The zero-order valence-corrected chi connectivity index (χ0v) is 15.5. The van der Waals surface area contributed by atoms with Crippen molar-refractivity contribution in [3.63, 3.8) is 0 Å². The Balaban J connectivity index is 1.69. The number of halogens is 1. The molecule has 2 aromatic carbocycles. The summed E-state index contributed by atoms with van der Waals surface area (Å²) in [7, 11) is 2.00. The van der Waals surface area contributed by atoms with Crippen molar-refractivity contribution in [3.8, 4) is 0 Å². The summed E-state index contributed by atoms with van der Waals surface area (Å²) in [5, 5.41) is 0.503. The van der Waals surface area contributed by atoms with E-state index in [0.717, 1.165) is 29.1 Å². The van der Waals surface area contributed by atoms with Crippen molar-refractivity contribution in [2.75, 3.05) is 25.0 Å². The van der Waals surface area contributed by atoms with Crippen LogP contribution in [0.15, 0.2) is 53.4 Å². The van der Waals surface area contributed by atoms with Crippen LogP contribution in [0.2, 0.25) is 0 Å². The van der Waals surface area contributed by atoms with E-state index in [0.29, 0.717) is 18.3 Å². The first-order valence-corrected chi connectivity index (χ1v) is 9.52. The molecule has 1 N–H and O–H groups in total. The molecule has 2 aromatic rings. The fourth-order valence-corrected chi connectivity index (χ4v) is 4.23. The molecule has 1 heterocycles. The first-order valence-electron chi connectivity index (χ1n) is 8.64. The van der Waals surface area contributed by atoms with Gasteiger partial charge in [0, 0.05) is 22.3 Å². The lowest BCUT2D eigenvalue weighted by atomic mass is 10.2. The summed E-state index contributed by atoms with van der Waals surface area (Å²) in [6, 6.07) is 14.6. The summed E-state index contributed by atoms with van der Waals surface area (Å²) >= 11 is 1.84. The fourth-order valence-electron chi connectivity index (χ4n) is 3.11. The van der Waals surface area contributed by atoms with Crippen LogP contribution in [0, 0.1) is 5.82 Å². The van der Waals surface area contributed by atoms with Gasteiger partial charge in [-0.25, -0.2) is 4.39 Å². The van der Waals surface area contributed by atoms with Crippen molar-refractivity contribution < 1.29 is 14.1 Å². The Morgan fingerprint density at radius 1 is 1.24 bits per heavy atom. The predicted octanol–water partition coefficient (Wildman–Crippen LogP) is 2.76. The molecule has 0 aliphatic carbocycles. The van der Waals surface area contributed by atoms with Crippen LogP contribution in [0.25, 0.3) is 0 Å². The monoisotopic (exact) mass is 359 g/mol. The lowest BCUT2D eigenvalue weighted by molar-refractivity contribution is -0.885. The van der Waals surface area contributed by atoms with Crippen molar-refractivity contribution in [1.29, 1.82) is 0 Å². The molecule has 0 fully saturated rings. The standard InChI is InChI=1S/C20H23FN2OS/c1-15-11-12-23(18-5-3-4-6-19(18)25-15)20(24)14-22(2)13-16-7-9-17(21)10-8-16/h3-10,15H,11-14H2,1-2H3/p+1/t15-/m1/s1. The van der Waals surface area contributed by atoms with E-state index in [-0.39, 0.29) is 11.7 Å². The van der Waals surface area contributed by atoms with Crippen molar-refractivity contribution in [1.82, 2.24) is 0 Å². The average molecular weight is 359 g/mol. The van der Waals surface area contributed by atoms with E-state index in [1.165, 1.54) is 17.0 Å². The first kappa shape index (κ1) is 18.0. The zero-order valence-electron chi connectivity index (χ0n) is 14.7. The quantitative estimate of drug-likeness (QED) is 0.908. The molecule has 1 amide bonds. The van der Waals surface area contributed by atoms with Crippen LogP contribution in [0.4, 0.5) is 10.1 Å². The van der Waals surface area contributed by atoms with Crippen LogP contribution in [0.3, 0.4) is 0 Å². The molecular weight excluding hydrogens is 335 g/mol. The maximum Gasteiger partial charge on any atom is 0.282 e. The van der Waals surface area contributed by atoms with Crippen LogP contribution in [0.1, 0.15) is 18.9 Å². The number of likely N-dealkylation sites (N-methyl/N-ethyl adjacent to an activating group) is 1. The minimum atomic E-state index is -0.231. The van der Waals surface area contributed by atoms with Gasteiger partial charge < -0.3 is 9.80 Å². The van der Waals surface area contributed by atoms with Gasteiger partial charge in [-0.15, -0.1) is 11.8 Å². The first-order chi connectivity index (χ1) is 12.0. The predicted molar refractivity (Wildman–Crippen MR) is 101 cm³/mol. The summed E-state index contributed by atoms with van der Waals surface area (Å²) in [4.78, 5) is 17.1. The molecule has 1 aliphatic rings. The van der Waals surface area contributed by atoms with Gasteiger partial charge in [-0.2, -0.15) is 0 Å². The number of thioether (sulfide) groups is 1. The third kappa shape index (κ3) is 4.61. The van der Waals surface area contributed by atoms with E-state index in [2.05, 4.69) is 13.0 Å². The summed E-state index contributed by atoms with van der Waals surface area (Å²) < 4.78 is 13.0. The Hall–Kier alpha value is -1.85. The van der Waals surface area contributed by atoms with E-state index >= 15 is 0 Å². The topological polar surface area (TPSA) is 24.8 Å². The van der Waals surface area contributed by atoms with Crippen LogP contribution in [-0.4, -0.2) is 31.3 Å². The number of anilines is 1. The average Bonchev–Trinajstić information content (AvgIpc) is 2.75.